The molecule has 0 radical (unpaired) electrons. The van der Waals surface area contributed by atoms with E-state index >= 15 is 0 Å². The molecule has 3 rings (SSSR count). The minimum absolute atomic E-state index is 0.00607. The molecule has 1 amide bonds. The second kappa shape index (κ2) is 9.49. The fourth-order valence-corrected chi connectivity index (χ4v) is 5.23. The van der Waals surface area contributed by atoms with Crippen molar-refractivity contribution in [3.8, 4) is 0 Å². The van der Waals surface area contributed by atoms with Crippen LogP contribution in [-0.2, 0) is 16.4 Å². The fourth-order valence-electron chi connectivity index (χ4n) is 3.22. The summed E-state index contributed by atoms with van der Waals surface area (Å²) in [6.07, 6.45) is 6.03. The van der Waals surface area contributed by atoms with Crippen molar-refractivity contribution in [3.05, 3.63) is 58.9 Å². The number of carbonyl (C=O) groups is 1. The molecular weight excluding hydrogens is 398 g/mol. The number of halogens is 1. The van der Waals surface area contributed by atoms with E-state index in [1.165, 1.54) is 16.4 Å². The molecule has 2 heterocycles. The molecule has 6 nitrogen and oxygen atoms in total. The Bertz CT molecular complexity index is 912. The van der Waals surface area contributed by atoms with Gasteiger partial charge in [0.1, 0.15) is 4.90 Å². The van der Waals surface area contributed by atoms with Crippen LogP contribution in [0.4, 0.5) is 0 Å². The van der Waals surface area contributed by atoms with Gasteiger partial charge in [0.05, 0.1) is 5.02 Å². The van der Waals surface area contributed by atoms with Gasteiger partial charge in [-0.2, -0.15) is 4.31 Å². The SMILES string of the molecule is O=C(NCCc1ccccn1)c1ccc(Cl)c(S(=O)(=O)N2CCCCCC2)c1. The number of nitrogens with zero attached hydrogens (tertiary/aromatic N) is 2. The van der Waals surface area contributed by atoms with Gasteiger partial charge in [-0.25, -0.2) is 8.42 Å². The van der Waals surface area contributed by atoms with Crippen molar-refractivity contribution >= 4 is 27.5 Å². The van der Waals surface area contributed by atoms with Crippen molar-refractivity contribution in [1.29, 1.82) is 0 Å². The Morgan fingerprint density at radius 1 is 1.11 bits per heavy atom. The lowest BCUT2D eigenvalue weighted by Crippen LogP contribution is -2.32. The summed E-state index contributed by atoms with van der Waals surface area (Å²) in [4.78, 5) is 16.7. The van der Waals surface area contributed by atoms with Gasteiger partial charge in [-0.1, -0.05) is 30.5 Å². The normalized spacial score (nSPS) is 15.8. The van der Waals surface area contributed by atoms with E-state index in [0.29, 0.717) is 26.1 Å². The molecule has 0 bridgehead atoms. The van der Waals surface area contributed by atoms with Gasteiger partial charge in [0.25, 0.3) is 5.91 Å². The summed E-state index contributed by atoms with van der Waals surface area (Å²) in [5.74, 6) is -0.333. The Morgan fingerprint density at radius 3 is 2.54 bits per heavy atom. The van der Waals surface area contributed by atoms with Gasteiger partial charge in [0.15, 0.2) is 0 Å². The molecule has 8 heteroatoms. The number of nitrogens with one attached hydrogen (secondary N) is 1. The van der Waals surface area contributed by atoms with Gasteiger partial charge < -0.3 is 5.32 Å². The molecule has 0 spiro atoms. The van der Waals surface area contributed by atoms with Crippen LogP contribution in [0.3, 0.4) is 0 Å². The molecular formula is C20H24ClN3O3S. The summed E-state index contributed by atoms with van der Waals surface area (Å²) in [5, 5.41) is 2.94. The maximum atomic E-state index is 13.0. The van der Waals surface area contributed by atoms with Crippen LogP contribution >= 0.6 is 11.6 Å². The van der Waals surface area contributed by atoms with E-state index in [0.717, 1.165) is 31.4 Å². The van der Waals surface area contributed by atoms with Crippen LogP contribution in [0.5, 0.6) is 0 Å². The summed E-state index contributed by atoms with van der Waals surface area (Å²) in [6, 6.07) is 10.0. The van der Waals surface area contributed by atoms with E-state index in [9.17, 15) is 13.2 Å². The first-order valence-electron chi connectivity index (χ1n) is 9.46. The molecule has 0 saturated carbocycles. The minimum Gasteiger partial charge on any atom is -0.352 e. The van der Waals surface area contributed by atoms with E-state index in [1.54, 1.807) is 12.3 Å². The summed E-state index contributed by atoms with van der Waals surface area (Å²) < 4.78 is 27.5. The predicted octanol–water partition coefficient (Wildman–Crippen LogP) is 3.27. The topological polar surface area (TPSA) is 79.4 Å². The van der Waals surface area contributed by atoms with Crippen LogP contribution in [0.2, 0.25) is 5.02 Å². The standard InChI is InChI=1S/C20H24ClN3O3S/c21-18-9-8-16(20(25)23-12-10-17-7-3-4-11-22-17)15-19(18)28(26,27)24-13-5-1-2-6-14-24/h3-4,7-9,11,15H,1-2,5-6,10,12-14H2,(H,23,25). The molecule has 0 unspecified atom stereocenters. The van der Waals surface area contributed by atoms with Gasteiger partial charge in [-0.15, -0.1) is 0 Å². The molecule has 1 aliphatic rings. The number of hydrogen-bond acceptors (Lipinski definition) is 4. The first-order chi connectivity index (χ1) is 13.5. The van der Waals surface area contributed by atoms with Gasteiger partial charge in [0, 0.05) is 43.5 Å². The zero-order valence-electron chi connectivity index (χ0n) is 15.6. The monoisotopic (exact) mass is 421 g/mol. The smallest absolute Gasteiger partial charge is 0.251 e. The van der Waals surface area contributed by atoms with Crippen molar-refractivity contribution < 1.29 is 13.2 Å². The molecule has 2 aromatic rings. The lowest BCUT2D eigenvalue weighted by molar-refractivity contribution is 0.0954. The van der Waals surface area contributed by atoms with Gasteiger partial charge in [-0.3, -0.25) is 9.78 Å². The Balaban J connectivity index is 1.72. The molecule has 28 heavy (non-hydrogen) atoms. The first kappa shape index (κ1) is 20.8. The van der Waals surface area contributed by atoms with E-state index in [1.807, 2.05) is 18.2 Å². The number of rotatable bonds is 6. The van der Waals surface area contributed by atoms with E-state index in [2.05, 4.69) is 10.3 Å². The third-order valence-corrected chi connectivity index (χ3v) is 7.15. The first-order valence-corrected chi connectivity index (χ1v) is 11.3. The highest BCUT2D eigenvalue weighted by Crippen LogP contribution is 2.27. The Hall–Kier alpha value is -1.96. The van der Waals surface area contributed by atoms with Crippen molar-refractivity contribution in [1.82, 2.24) is 14.6 Å². The highest BCUT2D eigenvalue weighted by molar-refractivity contribution is 7.89. The number of carbonyl (C=O) groups excluding carboxylic acids is 1. The average molecular weight is 422 g/mol. The zero-order valence-corrected chi connectivity index (χ0v) is 17.2. The Kier molecular flexibility index (Phi) is 7.04. The van der Waals surface area contributed by atoms with Crippen LogP contribution in [0.15, 0.2) is 47.5 Å². The maximum Gasteiger partial charge on any atom is 0.251 e. The van der Waals surface area contributed by atoms with E-state index < -0.39 is 10.0 Å². The third kappa shape index (κ3) is 5.10. The quantitative estimate of drug-likeness (QED) is 0.776. The molecule has 0 aliphatic carbocycles. The van der Waals surface area contributed by atoms with Crippen LogP contribution in [-0.4, -0.2) is 43.2 Å². The number of amides is 1. The fraction of sp³-hybridized carbons (Fsp3) is 0.400. The van der Waals surface area contributed by atoms with Crippen molar-refractivity contribution in [2.75, 3.05) is 19.6 Å². The zero-order chi connectivity index (χ0) is 20.0. The number of pyridine rings is 1. The van der Waals surface area contributed by atoms with Crippen LogP contribution in [0.1, 0.15) is 41.7 Å². The van der Waals surface area contributed by atoms with E-state index in [4.69, 9.17) is 11.6 Å². The van der Waals surface area contributed by atoms with Gasteiger partial charge in [0.2, 0.25) is 10.0 Å². The highest BCUT2D eigenvalue weighted by atomic mass is 35.5. The van der Waals surface area contributed by atoms with Crippen LogP contribution in [0.25, 0.3) is 0 Å². The second-order valence-corrected chi connectivity index (χ2v) is 9.10. The summed E-state index contributed by atoms with van der Waals surface area (Å²) in [5.41, 5.74) is 1.15. The molecule has 150 valence electrons. The molecule has 1 saturated heterocycles. The average Bonchev–Trinajstić information content (AvgIpc) is 2.99. The highest BCUT2D eigenvalue weighted by Gasteiger charge is 2.28. The van der Waals surface area contributed by atoms with Gasteiger partial charge >= 0.3 is 0 Å². The van der Waals surface area contributed by atoms with Gasteiger partial charge in [-0.05, 0) is 43.2 Å². The summed E-state index contributed by atoms with van der Waals surface area (Å²) in [6.45, 7) is 1.38. The lowest BCUT2D eigenvalue weighted by Gasteiger charge is -2.21. The summed E-state index contributed by atoms with van der Waals surface area (Å²) in [7, 11) is -3.72. The van der Waals surface area contributed by atoms with E-state index in [-0.39, 0.29) is 21.4 Å². The second-order valence-electron chi connectivity index (χ2n) is 6.79. The Labute approximate surface area is 171 Å². The maximum absolute atomic E-state index is 13.0. The predicted molar refractivity (Wildman–Crippen MR) is 109 cm³/mol. The van der Waals surface area contributed by atoms with Crippen molar-refractivity contribution in [2.45, 2.75) is 37.0 Å². The molecule has 1 N–H and O–H groups in total. The Morgan fingerprint density at radius 2 is 1.86 bits per heavy atom. The van der Waals surface area contributed by atoms with Crippen molar-refractivity contribution in [3.63, 3.8) is 0 Å². The summed E-state index contributed by atoms with van der Waals surface area (Å²) >= 11 is 6.18. The number of hydrogen-bond donors (Lipinski definition) is 1. The van der Waals surface area contributed by atoms with Crippen LogP contribution < -0.4 is 5.32 Å². The number of benzene rings is 1. The lowest BCUT2D eigenvalue weighted by atomic mass is 10.2. The largest absolute Gasteiger partial charge is 0.352 e. The molecule has 1 aromatic carbocycles. The minimum atomic E-state index is -3.72. The molecule has 0 atom stereocenters. The number of sulfonamides is 1. The number of aromatic nitrogens is 1. The molecule has 1 aromatic heterocycles. The molecule has 1 aliphatic heterocycles. The van der Waals surface area contributed by atoms with Crippen molar-refractivity contribution in [2.24, 2.45) is 0 Å². The molecule has 1 fully saturated rings. The third-order valence-electron chi connectivity index (χ3n) is 4.77. The van der Waals surface area contributed by atoms with Crippen LogP contribution in [0, 0.1) is 0 Å².